The number of hydrogen-bond donors (Lipinski definition) is 1. The first-order valence-corrected chi connectivity index (χ1v) is 22.3. The van der Waals surface area contributed by atoms with Gasteiger partial charge in [-0.2, -0.15) is 4.89 Å². The number of hydrogen-bond acceptors (Lipinski definition) is 9. The lowest BCUT2D eigenvalue weighted by Gasteiger charge is -2.15. The van der Waals surface area contributed by atoms with E-state index in [9.17, 15) is 14.2 Å². The molecule has 0 amide bonds. The van der Waals surface area contributed by atoms with Gasteiger partial charge in [-0.15, -0.1) is 4.52 Å². The number of esters is 2. The molecule has 0 aromatic heterocycles. The predicted octanol–water partition coefficient (Wildman–Crippen LogP) is 12.4. The highest BCUT2D eigenvalue weighted by Crippen LogP contribution is 2.24. The number of unbranched alkanes of at least 4 members (excludes halogenated alkanes) is 22. The molecule has 0 fully saturated rings. The van der Waals surface area contributed by atoms with E-state index in [4.69, 9.17) is 23.6 Å². The minimum Gasteiger partial charge on any atom is -0.462 e. The number of rotatable bonds is 41. The highest BCUT2D eigenvalue weighted by molar-refractivity contribution is 7.33. The fourth-order valence-corrected chi connectivity index (χ4v) is 6.18. The molecule has 0 aromatic rings. The van der Waals surface area contributed by atoms with Crippen LogP contribution in [0, 0.1) is 0 Å². The third-order valence-electron chi connectivity index (χ3n) is 8.93. The molecule has 2 unspecified atom stereocenters. The summed E-state index contributed by atoms with van der Waals surface area (Å²) in [4.78, 5) is 29.8. The molecule has 1 N–H and O–H groups in total. The normalized spacial score (nSPS) is 12.6. The third kappa shape index (κ3) is 39.6. The lowest BCUT2D eigenvalue weighted by molar-refractivity contribution is -0.208. The van der Waals surface area contributed by atoms with E-state index in [1.165, 1.54) is 96.3 Å². The summed E-state index contributed by atoms with van der Waals surface area (Å²) < 4.78 is 32.9. The van der Waals surface area contributed by atoms with Gasteiger partial charge in [0, 0.05) is 24.0 Å². The quantitative estimate of drug-likeness (QED) is 0.0163. The van der Waals surface area contributed by atoms with Crippen molar-refractivity contribution in [2.75, 3.05) is 33.4 Å². The summed E-state index contributed by atoms with van der Waals surface area (Å²) in [5.41, 5.74) is 0. The monoisotopic (exact) mass is 757 g/mol. The van der Waals surface area contributed by atoms with Gasteiger partial charge in [-0.1, -0.05) is 141 Å². The molecular formula is C42H79NO8P+. The number of carbonyl (C=O) groups excluding carboxylic acids is 2. The van der Waals surface area contributed by atoms with Crippen molar-refractivity contribution in [3.63, 3.8) is 0 Å². The highest BCUT2D eigenvalue weighted by Gasteiger charge is 2.27. The van der Waals surface area contributed by atoms with E-state index in [1.54, 1.807) is 7.05 Å². The average molecular weight is 757 g/mol. The van der Waals surface area contributed by atoms with Crippen LogP contribution in [-0.2, 0) is 37.7 Å². The molecular weight excluding hydrogens is 677 g/mol. The Hall–Kier alpha value is -1.64. The zero-order valence-electron chi connectivity index (χ0n) is 33.7. The third-order valence-corrected chi connectivity index (χ3v) is 9.52. The fourth-order valence-electron chi connectivity index (χ4n) is 5.69. The Morgan fingerprint density at radius 3 is 1.46 bits per heavy atom. The maximum atomic E-state index is 12.6. The first-order valence-electron chi connectivity index (χ1n) is 21.2. The van der Waals surface area contributed by atoms with Crippen molar-refractivity contribution in [2.45, 2.75) is 200 Å². The van der Waals surface area contributed by atoms with Gasteiger partial charge < -0.3 is 14.8 Å². The van der Waals surface area contributed by atoms with Crippen molar-refractivity contribution in [3.05, 3.63) is 24.3 Å². The molecule has 0 aliphatic heterocycles. The van der Waals surface area contributed by atoms with Crippen molar-refractivity contribution < 1.29 is 37.7 Å². The summed E-state index contributed by atoms with van der Waals surface area (Å²) in [6, 6.07) is 0. The summed E-state index contributed by atoms with van der Waals surface area (Å²) in [6.45, 7) is 4.83. The van der Waals surface area contributed by atoms with Crippen LogP contribution in [0.15, 0.2) is 24.3 Å². The minimum absolute atomic E-state index is 0.161. The number of allylic oxidation sites excluding steroid dienone is 4. The van der Waals surface area contributed by atoms with Gasteiger partial charge in [0.15, 0.2) is 6.10 Å². The predicted molar refractivity (Wildman–Crippen MR) is 214 cm³/mol. The lowest BCUT2D eigenvalue weighted by Crippen LogP contribution is -2.29. The van der Waals surface area contributed by atoms with Gasteiger partial charge >= 0.3 is 20.2 Å². The molecule has 0 saturated heterocycles. The highest BCUT2D eigenvalue weighted by atomic mass is 31.1. The van der Waals surface area contributed by atoms with Crippen LogP contribution in [0.3, 0.4) is 0 Å². The Labute approximate surface area is 320 Å². The van der Waals surface area contributed by atoms with E-state index >= 15 is 0 Å². The molecule has 2 atom stereocenters. The number of likely N-dealkylation sites (N-methyl/N-ethyl adjacent to an activating group) is 1. The lowest BCUT2D eigenvalue weighted by atomic mass is 10.1. The van der Waals surface area contributed by atoms with Gasteiger partial charge in [0.2, 0.25) is 0 Å². The summed E-state index contributed by atoms with van der Waals surface area (Å²) in [5.74, 6) is -0.729. The van der Waals surface area contributed by atoms with Crippen LogP contribution in [0.25, 0.3) is 0 Å². The molecule has 0 aliphatic carbocycles. The molecule has 0 rings (SSSR count). The standard InChI is InChI=1S/C42H79NO8P/c1-4-6-8-10-12-14-16-18-20-22-24-26-28-30-32-34-41(44)47-38-40(39-49-52(46)51-48-37-36-43-3)50-42(45)35-33-31-29-27-25-23-21-19-17-15-13-11-9-7-5-2/h18-21,40,43H,4-17,22-39H2,1-3H3/q+1/b20-18+,21-19+. The Bertz CT molecular complexity index is 869. The Balaban J connectivity index is 4.20. The smallest absolute Gasteiger partial charge is 0.462 e. The van der Waals surface area contributed by atoms with Crippen LogP contribution in [0.4, 0.5) is 0 Å². The van der Waals surface area contributed by atoms with Crippen molar-refractivity contribution in [3.8, 4) is 0 Å². The maximum absolute atomic E-state index is 12.6. The van der Waals surface area contributed by atoms with Gasteiger partial charge in [-0.05, 0) is 71.3 Å². The van der Waals surface area contributed by atoms with Crippen LogP contribution in [-0.4, -0.2) is 51.5 Å². The second kappa shape index (κ2) is 42.1. The topological polar surface area (TPSA) is 109 Å². The van der Waals surface area contributed by atoms with Crippen LogP contribution in [0.2, 0.25) is 0 Å². The van der Waals surface area contributed by atoms with E-state index in [0.717, 1.165) is 70.6 Å². The molecule has 0 radical (unpaired) electrons. The van der Waals surface area contributed by atoms with Crippen molar-refractivity contribution in [2.24, 2.45) is 0 Å². The largest absolute Gasteiger partial charge is 0.728 e. The Morgan fingerprint density at radius 1 is 0.577 bits per heavy atom. The summed E-state index contributed by atoms with van der Waals surface area (Å²) >= 11 is 0. The van der Waals surface area contributed by atoms with Gasteiger partial charge in [-0.3, -0.25) is 9.59 Å². The second-order valence-corrected chi connectivity index (χ2v) is 14.8. The zero-order valence-corrected chi connectivity index (χ0v) is 34.6. The van der Waals surface area contributed by atoms with Crippen molar-refractivity contribution in [1.29, 1.82) is 0 Å². The molecule has 0 saturated carbocycles. The fraction of sp³-hybridized carbons (Fsp3) is 0.857. The van der Waals surface area contributed by atoms with Gasteiger partial charge in [0.05, 0.1) is 11.3 Å². The number of carbonyl (C=O) groups is 2. The Morgan fingerprint density at radius 2 is 1.00 bits per heavy atom. The van der Waals surface area contributed by atoms with Crippen LogP contribution in [0.1, 0.15) is 194 Å². The summed E-state index contributed by atoms with van der Waals surface area (Å²) in [7, 11) is -0.818. The van der Waals surface area contributed by atoms with Crippen LogP contribution < -0.4 is 5.32 Å². The van der Waals surface area contributed by atoms with E-state index in [0.29, 0.717) is 13.0 Å². The average Bonchev–Trinajstić information content (AvgIpc) is 3.14. The molecule has 0 heterocycles. The van der Waals surface area contributed by atoms with Crippen LogP contribution >= 0.6 is 8.25 Å². The minimum atomic E-state index is -2.58. The number of nitrogens with one attached hydrogen (secondary N) is 1. The second-order valence-electron chi connectivity index (χ2n) is 14.0. The maximum Gasteiger partial charge on any atom is 0.728 e. The SMILES string of the molecule is CCCCCCCC/C=C/CCCCCCCC(=O)OCC(CO[P+](=O)OOCCNC)OC(=O)CCCCCCC/C=C/CCCCCCCC. The number of ether oxygens (including phenoxy) is 2. The molecule has 9 nitrogen and oxygen atoms in total. The molecule has 0 aliphatic rings. The van der Waals surface area contributed by atoms with E-state index in [2.05, 4.69) is 43.5 Å². The van der Waals surface area contributed by atoms with E-state index in [1.807, 2.05) is 0 Å². The Kier molecular flexibility index (Phi) is 40.8. The van der Waals surface area contributed by atoms with Crippen LogP contribution in [0.5, 0.6) is 0 Å². The van der Waals surface area contributed by atoms with E-state index in [-0.39, 0.29) is 38.2 Å². The molecule has 52 heavy (non-hydrogen) atoms. The summed E-state index contributed by atoms with van der Waals surface area (Å²) in [6.07, 6.45) is 39.8. The van der Waals surface area contributed by atoms with Gasteiger partial charge in [0.1, 0.15) is 13.2 Å². The van der Waals surface area contributed by atoms with E-state index < -0.39 is 14.4 Å². The molecule has 0 aromatic carbocycles. The molecule has 0 spiro atoms. The van der Waals surface area contributed by atoms with Gasteiger partial charge in [-0.25, -0.2) is 0 Å². The first-order chi connectivity index (χ1) is 25.5. The first kappa shape index (κ1) is 50.4. The zero-order chi connectivity index (χ0) is 38.0. The molecule has 304 valence electrons. The molecule has 0 bridgehead atoms. The van der Waals surface area contributed by atoms with Crippen molar-refractivity contribution in [1.82, 2.24) is 5.32 Å². The molecule has 10 heteroatoms. The summed E-state index contributed by atoms with van der Waals surface area (Å²) in [5, 5.41) is 2.88. The van der Waals surface area contributed by atoms with Crippen molar-refractivity contribution >= 4 is 20.2 Å². The van der Waals surface area contributed by atoms with Gasteiger partial charge in [0.25, 0.3) is 0 Å².